The van der Waals surface area contributed by atoms with E-state index in [1.807, 2.05) is 0 Å². The van der Waals surface area contributed by atoms with Gasteiger partial charge < -0.3 is 10.1 Å². The Morgan fingerprint density at radius 2 is 2.04 bits per heavy atom. The summed E-state index contributed by atoms with van der Waals surface area (Å²) in [4.78, 5) is 38.1. The molecule has 0 saturated heterocycles. The van der Waals surface area contributed by atoms with Crippen molar-refractivity contribution in [3.8, 4) is 0 Å². The van der Waals surface area contributed by atoms with Crippen molar-refractivity contribution in [2.24, 2.45) is 0 Å². The minimum absolute atomic E-state index is 0.142. The molecule has 0 bridgehead atoms. The SMILES string of the molecule is C[C@H](OC(=O)/C=C/c1ccccc1[N+](=O)[O-])C(=O)Nc1ccc(Cl)cn1. The van der Waals surface area contributed by atoms with Gasteiger partial charge in [0.25, 0.3) is 11.6 Å². The highest BCUT2D eigenvalue weighted by atomic mass is 35.5. The molecule has 1 aromatic carbocycles. The number of hydrogen-bond donors (Lipinski definition) is 1. The minimum atomic E-state index is -1.09. The van der Waals surface area contributed by atoms with Crippen molar-refractivity contribution < 1.29 is 19.2 Å². The summed E-state index contributed by atoms with van der Waals surface area (Å²) in [6.45, 7) is 1.39. The predicted molar refractivity (Wildman–Crippen MR) is 95.6 cm³/mol. The third-order valence-electron chi connectivity index (χ3n) is 3.17. The van der Waals surface area contributed by atoms with Crippen LogP contribution in [0.5, 0.6) is 0 Å². The molecule has 2 aromatic rings. The zero-order chi connectivity index (χ0) is 19.1. The number of nitro groups is 1. The van der Waals surface area contributed by atoms with Gasteiger partial charge in [0.05, 0.1) is 15.5 Å². The Kier molecular flexibility index (Phi) is 6.40. The fourth-order valence-corrected chi connectivity index (χ4v) is 2.01. The molecule has 0 saturated carbocycles. The maximum absolute atomic E-state index is 12.0. The first-order valence-corrected chi connectivity index (χ1v) is 7.79. The van der Waals surface area contributed by atoms with Gasteiger partial charge in [0, 0.05) is 18.3 Å². The molecule has 0 aliphatic heterocycles. The van der Waals surface area contributed by atoms with Gasteiger partial charge in [-0.1, -0.05) is 23.7 Å². The van der Waals surface area contributed by atoms with Gasteiger partial charge >= 0.3 is 5.97 Å². The Balaban J connectivity index is 1.95. The summed E-state index contributed by atoms with van der Waals surface area (Å²) >= 11 is 5.70. The van der Waals surface area contributed by atoms with E-state index in [-0.39, 0.29) is 17.1 Å². The van der Waals surface area contributed by atoms with Gasteiger partial charge in [-0.05, 0) is 31.2 Å². The Bertz CT molecular complexity index is 852. The first-order chi connectivity index (χ1) is 12.4. The molecule has 8 nitrogen and oxygen atoms in total. The molecule has 9 heteroatoms. The normalized spacial score (nSPS) is 11.8. The second kappa shape index (κ2) is 8.72. The molecule has 1 aromatic heterocycles. The number of hydrogen-bond acceptors (Lipinski definition) is 6. The van der Waals surface area contributed by atoms with Crippen LogP contribution in [0.1, 0.15) is 12.5 Å². The van der Waals surface area contributed by atoms with E-state index in [1.54, 1.807) is 12.1 Å². The number of esters is 1. The minimum Gasteiger partial charge on any atom is -0.449 e. The van der Waals surface area contributed by atoms with Gasteiger partial charge in [-0.15, -0.1) is 0 Å². The lowest BCUT2D eigenvalue weighted by atomic mass is 10.1. The van der Waals surface area contributed by atoms with E-state index in [9.17, 15) is 19.7 Å². The lowest BCUT2D eigenvalue weighted by molar-refractivity contribution is -0.385. The van der Waals surface area contributed by atoms with Gasteiger partial charge in [-0.25, -0.2) is 9.78 Å². The van der Waals surface area contributed by atoms with Crippen molar-refractivity contribution in [2.75, 3.05) is 5.32 Å². The van der Waals surface area contributed by atoms with Crippen LogP contribution < -0.4 is 5.32 Å². The topological polar surface area (TPSA) is 111 Å². The van der Waals surface area contributed by atoms with E-state index in [2.05, 4.69) is 10.3 Å². The van der Waals surface area contributed by atoms with E-state index < -0.39 is 22.9 Å². The number of nitro benzene ring substituents is 1. The van der Waals surface area contributed by atoms with Crippen LogP contribution in [0.3, 0.4) is 0 Å². The lowest BCUT2D eigenvalue weighted by Crippen LogP contribution is -2.29. The number of halogens is 1. The number of pyridine rings is 1. The van der Waals surface area contributed by atoms with Crippen LogP contribution in [0.25, 0.3) is 6.08 Å². The van der Waals surface area contributed by atoms with Crippen molar-refractivity contribution in [3.05, 3.63) is 69.4 Å². The second-order valence-corrected chi connectivity index (χ2v) is 5.52. The summed E-state index contributed by atoms with van der Waals surface area (Å²) in [6, 6.07) is 8.99. The van der Waals surface area contributed by atoms with Crippen molar-refractivity contribution >= 4 is 41.1 Å². The highest BCUT2D eigenvalue weighted by Crippen LogP contribution is 2.19. The molecule has 1 atom stereocenters. The number of ether oxygens (including phenoxy) is 1. The van der Waals surface area contributed by atoms with E-state index >= 15 is 0 Å². The van der Waals surface area contributed by atoms with Crippen molar-refractivity contribution in [1.82, 2.24) is 4.98 Å². The van der Waals surface area contributed by atoms with E-state index in [0.29, 0.717) is 5.02 Å². The van der Waals surface area contributed by atoms with E-state index in [1.165, 1.54) is 43.5 Å². The molecular formula is C17H14ClN3O5. The highest BCUT2D eigenvalue weighted by Gasteiger charge is 2.17. The summed E-state index contributed by atoms with van der Waals surface area (Å²) in [7, 11) is 0. The van der Waals surface area contributed by atoms with Crippen LogP contribution in [0.15, 0.2) is 48.7 Å². The molecule has 2 rings (SSSR count). The summed E-state index contributed by atoms with van der Waals surface area (Å²) in [5.74, 6) is -1.13. The molecule has 1 N–H and O–H groups in total. The molecule has 1 amide bonds. The Labute approximate surface area is 153 Å². The number of nitrogens with one attached hydrogen (secondary N) is 1. The van der Waals surface area contributed by atoms with Crippen molar-refractivity contribution in [1.29, 1.82) is 0 Å². The monoisotopic (exact) mass is 375 g/mol. The Hall–Kier alpha value is -3.26. The van der Waals surface area contributed by atoms with Crippen LogP contribution in [0.4, 0.5) is 11.5 Å². The van der Waals surface area contributed by atoms with Crippen molar-refractivity contribution in [2.45, 2.75) is 13.0 Å². The third kappa shape index (κ3) is 5.38. The first kappa shape index (κ1) is 19.1. The summed E-state index contributed by atoms with van der Waals surface area (Å²) < 4.78 is 4.97. The Morgan fingerprint density at radius 1 is 1.31 bits per heavy atom. The smallest absolute Gasteiger partial charge is 0.331 e. The third-order valence-corrected chi connectivity index (χ3v) is 3.40. The number of carbonyl (C=O) groups excluding carboxylic acids is 2. The molecule has 134 valence electrons. The summed E-state index contributed by atoms with van der Waals surface area (Å²) in [5.41, 5.74) is 0.105. The number of nitrogens with zero attached hydrogens (tertiary/aromatic N) is 2. The van der Waals surface area contributed by atoms with E-state index in [4.69, 9.17) is 16.3 Å². The fraction of sp³-hybridized carbons (Fsp3) is 0.118. The van der Waals surface area contributed by atoms with Crippen LogP contribution in [0.2, 0.25) is 5.02 Å². The number of rotatable bonds is 6. The Morgan fingerprint density at radius 3 is 2.69 bits per heavy atom. The zero-order valence-electron chi connectivity index (χ0n) is 13.6. The quantitative estimate of drug-likeness (QED) is 0.359. The molecule has 1 heterocycles. The number of carbonyl (C=O) groups is 2. The average molecular weight is 376 g/mol. The number of benzene rings is 1. The van der Waals surface area contributed by atoms with Gasteiger partial charge in [0.2, 0.25) is 0 Å². The number of aromatic nitrogens is 1. The largest absolute Gasteiger partial charge is 0.449 e. The predicted octanol–water partition coefficient (Wildman–Crippen LogP) is 3.23. The highest BCUT2D eigenvalue weighted by molar-refractivity contribution is 6.30. The van der Waals surface area contributed by atoms with Gasteiger partial charge in [-0.3, -0.25) is 14.9 Å². The average Bonchev–Trinajstić information content (AvgIpc) is 2.62. The van der Waals surface area contributed by atoms with Crippen LogP contribution in [0, 0.1) is 10.1 Å². The van der Waals surface area contributed by atoms with Crippen LogP contribution in [-0.2, 0) is 14.3 Å². The van der Waals surface area contributed by atoms with E-state index in [0.717, 1.165) is 6.08 Å². The van der Waals surface area contributed by atoms with Crippen LogP contribution in [-0.4, -0.2) is 27.9 Å². The maximum atomic E-state index is 12.0. The lowest BCUT2D eigenvalue weighted by Gasteiger charge is -2.11. The molecular weight excluding hydrogens is 362 g/mol. The summed E-state index contributed by atoms with van der Waals surface area (Å²) in [6.07, 6.45) is 2.55. The molecule has 0 unspecified atom stereocenters. The fourth-order valence-electron chi connectivity index (χ4n) is 1.90. The standard InChI is InChI=1S/C17H14ClN3O5/c1-11(17(23)20-15-8-7-13(18)10-19-15)26-16(22)9-6-12-4-2-3-5-14(12)21(24)25/h2-11H,1H3,(H,19,20,23)/b9-6+/t11-/m0/s1. The van der Waals surface area contributed by atoms with Gasteiger partial charge in [0.1, 0.15) is 5.82 Å². The molecule has 26 heavy (non-hydrogen) atoms. The zero-order valence-corrected chi connectivity index (χ0v) is 14.3. The number of anilines is 1. The number of para-hydroxylation sites is 1. The molecule has 0 spiro atoms. The van der Waals surface area contributed by atoms with Gasteiger partial charge in [0.15, 0.2) is 6.10 Å². The number of amides is 1. The molecule has 0 aliphatic carbocycles. The van der Waals surface area contributed by atoms with Crippen LogP contribution >= 0.6 is 11.6 Å². The molecule has 0 radical (unpaired) electrons. The molecule has 0 fully saturated rings. The maximum Gasteiger partial charge on any atom is 0.331 e. The second-order valence-electron chi connectivity index (χ2n) is 5.08. The summed E-state index contributed by atoms with van der Waals surface area (Å²) in [5, 5.41) is 13.8. The first-order valence-electron chi connectivity index (χ1n) is 7.41. The van der Waals surface area contributed by atoms with Crippen molar-refractivity contribution in [3.63, 3.8) is 0 Å². The van der Waals surface area contributed by atoms with Gasteiger partial charge in [-0.2, -0.15) is 0 Å². The molecule has 0 aliphatic rings.